The molecule has 1 aliphatic heterocycles. The fourth-order valence-electron chi connectivity index (χ4n) is 2.65. The van der Waals surface area contributed by atoms with Crippen LogP contribution in [0.4, 0.5) is 0 Å². The van der Waals surface area contributed by atoms with E-state index in [0.717, 1.165) is 0 Å². The first-order valence-electron chi connectivity index (χ1n) is 7.55. The third-order valence-corrected chi connectivity index (χ3v) is 3.83. The highest BCUT2D eigenvalue weighted by Crippen LogP contribution is 2.23. The van der Waals surface area contributed by atoms with Crippen LogP contribution in [0.2, 0.25) is 0 Å². The highest BCUT2D eigenvalue weighted by atomic mass is 16.4. The maximum atomic E-state index is 12.6. The first-order valence-corrected chi connectivity index (χ1v) is 7.55. The van der Waals surface area contributed by atoms with Crippen LogP contribution in [0.1, 0.15) is 47.0 Å². The fourth-order valence-corrected chi connectivity index (χ4v) is 2.65. The molecule has 0 radical (unpaired) electrons. The summed E-state index contributed by atoms with van der Waals surface area (Å²) in [6.45, 7) is 8.60. The van der Waals surface area contributed by atoms with E-state index in [0.29, 0.717) is 19.5 Å². The highest BCUT2D eigenvalue weighted by molar-refractivity contribution is 5.89. The number of nitrogens with zero attached hydrogens (tertiary/aromatic N) is 2. The van der Waals surface area contributed by atoms with Crippen molar-refractivity contribution in [2.75, 3.05) is 13.1 Å². The van der Waals surface area contributed by atoms with Gasteiger partial charge < -0.3 is 14.9 Å². The van der Waals surface area contributed by atoms with E-state index in [4.69, 9.17) is 5.11 Å². The molecular formula is C15H26N2O4. The Morgan fingerprint density at radius 3 is 2.38 bits per heavy atom. The van der Waals surface area contributed by atoms with Gasteiger partial charge in [0, 0.05) is 38.0 Å². The number of amides is 2. The second kappa shape index (κ2) is 7.43. The summed E-state index contributed by atoms with van der Waals surface area (Å²) in [6.07, 6.45) is 0.755. The minimum absolute atomic E-state index is 0.00879. The van der Waals surface area contributed by atoms with Crippen LogP contribution in [-0.4, -0.2) is 57.9 Å². The van der Waals surface area contributed by atoms with Gasteiger partial charge in [0.25, 0.3) is 0 Å². The number of aliphatic carboxylic acids is 1. The molecule has 1 heterocycles. The molecule has 1 unspecified atom stereocenters. The molecule has 120 valence electrons. The van der Waals surface area contributed by atoms with Crippen LogP contribution in [0.25, 0.3) is 0 Å². The Morgan fingerprint density at radius 1 is 1.33 bits per heavy atom. The third-order valence-electron chi connectivity index (χ3n) is 3.83. The molecule has 21 heavy (non-hydrogen) atoms. The van der Waals surface area contributed by atoms with Gasteiger partial charge in [-0.3, -0.25) is 14.4 Å². The molecule has 0 aromatic carbocycles. The average Bonchev–Trinajstić information content (AvgIpc) is 2.75. The SMILES string of the molecule is CC(C)N1CC(C(=O)N(CCCC(=O)O)C(C)C)CC1=O. The van der Waals surface area contributed by atoms with E-state index in [1.165, 1.54) is 0 Å². The molecule has 6 heteroatoms. The Kier molecular flexibility index (Phi) is 6.18. The van der Waals surface area contributed by atoms with E-state index in [9.17, 15) is 14.4 Å². The van der Waals surface area contributed by atoms with Gasteiger partial charge in [-0.15, -0.1) is 0 Å². The third kappa shape index (κ3) is 4.72. The quantitative estimate of drug-likeness (QED) is 0.769. The zero-order chi connectivity index (χ0) is 16.2. The van der Waals surface area contributed by atoms with Crippen LogP contribution in [-0.2, 0) is 14.4 Å². The lowest BCUT2D eigenvalue weighted by atomic mass is 10.1. The van der Waals surface area contributed by atoms with E-state index in [-0.39, 0.29) is 42.7 Å². The highest BCUT2D eigenvalue weighted by Gasteiger charge is 2.37. The number of carbonyl (C=O) groups excluding carboxylic acids is 2. The topological polar surface area (TPSA) is 77.9 Å². The summed E-state index contributed by atoms with van der Waals surface area (Å²) >= 11 is 0. The summed E-state index contributed by atoms with van der Waals surface area (Å²) in [6, 6.07) is 0.115. The van der Waals surface area contributed by atoms with E-state index in [2.05, 4.69) is 0 Å². The van der Waals surface area contributed by atoms with E-state index in [1.54, 1.807) is 9.80 Å². The lowest BCUT2D eigenvalue weighted by Gasteiger charge is -2.29. The molecule has 2 amide bonds. The lowest BCUT2D eigenvalue weighted by Crippen LogP contribution is -2.42. The Labute approximate surface area is 126 Å². The number of carboxylic acid groups (broad SMARTS) is 1. The number of hydrogen-bond donors (Lipinski definition) is 1. The molecule has 1 atom stereocenters. The largest absolute Gasteiger partial charge is 0.481 e. The van der Waals surface area contributed by atoms with Gasteiger partial charge in [0.15, 0.2) is 0 Å². The summed E-state index contributed by atoms with van der Waals surface area (Å²) in [5.41, 5.74) is 0. The molecule has 1 saturated heterocycles. The first-order chi connectivity index (χ1) is 9.73. The van der Waals surface area contributed by atoms with Gasteiger partial charge in [0.2, 0.25) is 11.8 Å². The van der Waals surface area contributed by atoms with E-state index < -0.39 is 5.97 Å². The minimum atomic E-state index is -0.854. The second-order valence-corrected chi connectivity index (χ2v) is 6.16. The van der Waals surface area contributed by atoms with E-state index in [1.807, 2.05) is 27.7 Å². The van der Waals surface area contributed by atoms with Gasteiger partial charge in [0.1, 0.15) is 0 Å². The van der Waals surface area contributed by atoms with Gasteiger partial charge in [-0.05, 0) is 34.1 Å². The summed E-state index contributed by atoms with van der Waals surface area (Å²) in [4.78, 5) is 38.5. The van der Waals surface area contributed by atoms with Gasteiger partial charge in [-0.25, -0.2) is 0 Å². The molecule has 0 saturated carbocycles. The van der Waals surface area contributed by atoms with Crippen molar-refractivity contribution < 1.29 is 19.5 Å². The predicted octanol–water partition coefficient (Wildman–Crippen LogP) is 1.35. The minimum Gasteiger partial charge on any atom is -0.481 e. The molecule has 6 nitrogen and oxygen atoms in total. The zero-order valence-electron chi connectivity index (χ0n) is 13.3. The van der Waals surface area contributed by atoms with Crippen LogP contribution in [0.3, 0.4) is 0 Å². The normalized spacial score (nSPS) is 18.7. The summed E-state index contributed by atoms with van der Waals surface area (Å²) < 4.78 is 0. The average molecular weight is 298 g/mol. The Hall–Kier alpha value is -1.59. The number of carboxylic acids is 1. The molecule has 0 aromatic rings. The Bertz CT molecular complexity index is 406. The van der Waals surface area contributed by atoms with Crippen LogP contribution >= 0.6 is 0 Å². The van der Waals surface area contributed by atoms with Crippen molar-refractivity contribution in [2.45, 2.75) is 59.0 Å². The smallest absolute Gasteiger partial charge is 0.303 e. The fraction of sp³-hybridized carbons (Fsp3) is 0.800. The molecule has 1 fully saturated rings. The van der Waals surface area contributed by atoms with Crippen molar-refractivity contribution >= 4 is 17.8 Å². The van der Waals surface area contributed by atoms with Crippen molar-refractivity contribution in [1.29, 1.82) is 0 Å². The molecule has 1 N–H and O–H groups in total. The Balaban J connectivity index is 2.65. The second-order valence-electron chi connectivity index (χ2n) is 6.16. The first kappa shape index (κ1) is 17.5. The van der Waals surface area contributed by atoms with Gasteiger partial charge >= 0.3 is 5.97 Å². The molecule has 0 bridgehead atoms. The van der Waals surface area contributed by atoms with Crippen LogP contribution < -0.4 is 0 Å². The molecule has 0 aliphatic carbocycles. The van der Waals surface area contributed by atoms with Crippen LogP contribution in [0.15, 0.2) is 0 Å². The standard InChI is InChI=1S/C15H26N2O4/c1-10(2)16(7-5-6-14(19)20)15(21)12-8-13(18)17(9-12)11(3)4/h10-12H,5-9H2,1-4H3,(H,19,20). The van der Waals surface area contributed by atoms with Crippen molar-refractivity contribution in [1.82, 2.24) is 9.80 Å². The maximum Gasteiger partial charge on any atom is 0.303 e. The zero-order valence-corrected chi connectivity index (χ0v) is 13.3. The summed E-state index contributed by atoms with van der Waals surface area (Å²) in [5.74, 6) is -1.16. The van der Waals surface area contributed by atoms with Crippen molar-refractivity contribution in [2.24, 2.45) is 5.92 Å². The van der Waals surface area contributed by atoms with Gasteiger partial charge in [0.05, 0.1) is 5.92 Å². The van der Waals surface area contributed by atoms with Crippen molar-refractivity contribution in [3.63, 3.8) is 0 Å². The van der Waals surface area contributed by atoms with Crippen molar-refractivity contribution in [3.05, 3.63) is 0 Å². The van der Waals surface area contributed by atoms with E-state index >= 15 is 0 Å². The lowest BCUT2D eigenvalue weighted by molar-refractivity contribution is -0.140. The molecule has 1 aliphatic rings. The van der Waals surface area contributed by atoms with Crippen molar-refractivity contribution in [3.8, 4) is 0 Å². The van der Waals surface area contributed by atoms with Crippen LogP contribution in [0, 0.1) is 5.92 Å². The predicted molar refractivity (Wildman–Crippen MR) is 78.7 cm³/mol. The maximum absolute atomic E-state index is 12.6. The molecule has 1 rings (SSSR count). The molecule has 0 spiro atoms. The summed E-state index contributed by atoms with van der Waals surface area (Å²) in [7, 11) is 0. The Morgan fingerprint density at radius 2 is 1.95 bits per heavy atom. The number of hydrogen-bond acceptors (Lipinski definition) is 3. The van der Waals surface area contributed by atoms with Gasteiger partial charge in [-0.2, -0.15) is 0 Å². The number of carbonyl (C=O) groups is 3. The number of likely N-dealkylation sites (tertiary alicyclic amines) is 1. The molecular weight excluding hydrogens is 272 g/mol. The molecule has 0 aromatic heterocycles. The number of rotatable bonds is 7. The summed E-state index contributed by atoms with van der Waals surface area (Å²) in [5, 5.41) is 8.69. The monoisotopic (exact) mass is 298 g/mol. The van der Waals surface area contributed by atoms with Gasteiger partial charge in [-0.1, -0.05) is 0 Å². The van der Waals surface area contributed by atoms with Crippen LogP contribution in [0.5, 0.6) is 0 Å².